The van der Waals surface area contributed by atoms with Gasteiger partial charge in [0.05, 0.1) is 5.69 Å². The molecule has 0 saturated heterocycles. The number of anilines is 1. The fourth-order valence-corrected chi connectivity index (χ4v) is 3.06. The molecule has 0 aromatic carbocycles. The molecule has 1 aromatic heterocycles. The smallest absolute Gasteiger partial charge is 0.238 e. The third-order valence-electron chi connectivity index (χ3n) is 4.08. The van der Waals surface area contributed by atoms with Crippen molar-refractivity contribution in [3.63, 3.8) is 0 Å². The van der Waals surface area contributed by atoms with Gasteiger partial charge in [0.1, 0.15) is 11.3 Å². The van der Waals surface area contributed by atoms with Gasteiger partial charge in [-0.15, -0.1) is 0 Å². The largest absolute Gasteiger partial charge is 0.473 e. The Kier molecular flexibility index (Phi) is 4.56. The number of nitrogens with zero attached hydrogens (tertiary/aromatic N) is 1. The molecule has 106 valence electrons. The van der Waals surface area contributed by atoms with Gasteiger partial charge >= 0.3 is 0 Å². The van der Waals surface area contributed by atoms with E-state index in [1.165, 1.54) is 12.8 Å². The summed E-state index contributed by atoms with van der Waals surface area (Å²) in [5.74, 6) is 2.35. The Hall–Kier alpha value is -0.960. The molecule has 1 fully saturated rings. The summed E-state index contributed by atoms with van der Waals surface area (Å²) in [6.07, 6.45) is 3.75. The molecule has 0 aliphatic heterocycles. The van der Waals surface area contributed by atoms with E-state index in [1.807, 2.05) is 0 Å². The van der Waals surface area contributed by atoms with E-state index in [9.17, 15) is 0 Å². The number of hydrogen-bond donors (Lipinski definition) is 1. The Labute approximate surface area is 120 Å². The van der Waals surface area contributed by atoms with E-state index in [0.717, 1.165) is 6.42 Å². The van der Waals surface area contributed by atoms with E-state index in [4.69, 9.17) is 22.1 Å². The van der Waals surface area contributed by atoms with Crippen molar-refractivity contribution in [3.05, 3.63) is 17.3 Å². The quantitative estimate of drug-likeness (QED) is 0.847. The summed E-state index contributed by atoms with van der Waals surface area (Å²) < 4.78 is 6.09. The summed E-state index contributed by atoms with van der Waals surface area (Å²) in [5.41, 5.74) is 6.48. The highest BCUT2D eigenvalue weighted by molar-refractivity contribution is 6.29. The predicted octanol–water partition coefficient (Wildman–Crippen LogP) is 4.16. The second kappa shape index (κ2) is 6.00. The van der Waals surface area contributed by atoms with Crippen molar-refractivity contribution in [1.29, 1.82) is 0 Å². The number of halogens is 1. The molecule has 1 aliphatic rings. The van der Waals surface area contributed by atoms with Crippen LogP contribution >= 0.6 is 11.6 Å². The molecule has 2 N–H and O–H groups in total. The highest BCUT2D eigenvalue weighted by Crippen LogP contribution is 2.36. The van der Waals surface area contributed by atoms with Crippen molar-refractivity contribution in [1.82, 2.24) is 4.98 Å². The van der Waals surface area contributed by atoms with Gasteiger partial charge in [-0.3, -0.25) is 0 Å². The summed E-state index contributed by atoms with van der Waals surface area (Å²) in [6.45, 7) is 6.79. The Morgan fingerprint density at radius 3 is 2.79 bits per heavy atom. The Balaban J connectivity index is 2.16. The summed E-state index contributed by atoms with van der Waals surface area (Å²) >= 11 is 5.92. The van der Waals surface area contributed by atoms with Gasteiger partial charge in [0.25, 0.3) is 0 Å². The van der Waals surface area contributed by atoms with Crippen molar-refractivity contribution >= 4 is 17.3 Å². The monoisotopic (exact) mass is 282 g/mol. The SMILES string of the molecule is CC1CCC(C(C)C)C(Oc2nc(Cl)ccc2N)C1. The van der Waals surface area contributed by atoms with Crippen molar-refractivity contribution in [2.75, 3.05) is 5.73 Å². The van der Waals surface area contributed by atoms with Crippen LogP contribution in [0.2, 0.25) is 5.15 Å². The lowest BCUT2D eigenvalue weighted by atomic mass is 9.75. The Bertz CT molecular complexity index is 436. The molecule has 3 nitrogen and oxygen atoms in total. The number of nitrogens with two attached hydrogens (primary N) is 1. The van der Waals surface area contributed by atoms with Gasteiger partial charge < -0.3 is 10.5 Å². The summed E-state index contributed by atoms with van der Waals surface area (Å²) in [7, 11) is 0. The molecule has 0 spiro atoms. The van der Waals surface area contributed by atoms with Crippen LogP contribution in [0.3, 0.4) is 0 Å². The van der Waals surface area contributed by atoms with Crippen LogP contribution in [0.1, 0.15) is 40.0 Å². The normalized spacial score (nSPS) is 27.5. The first kappa shape index (κ1) is 14.4. The van der Waals surface area contributed by atoms with Crippen LogP contribution < -0.4 is 10.5 Å². The average Bonchev–Trinajstić information content (AvgIpc) is 2.33. The molecule has 19 heavy (non-hydrogen) atoms. The fraction of sp³-hybridized carbons (Fsp3) is 0.667. The summed E-state index contributed by atoms with van der Waals surface area (Å²) in [5, 5.41) is 0.425. The lowest BCUT2D eigenvalue weighted by molar-refractivity contribution is 0.0433. The molecule has 4 heteroatoms. The molecule has 2 rings (SSSR count). The van der Waals surface area contributed by atoms with Crippen molar-refractivity contribution in [2.45, 2.75) is 46.1 Å². The zero-order valence-electron chi connectivity index (χ0n) is 11.9. The molecule has 0 amide bonds. The van der Waals surface area contributed by atoms with E-state index in [2.05, 4.69) is 25.8 Å². The van der Waals surface area contributed by atoms with Crippen molar-refractivity contribution in [3.8, 4) is 5.88 Å². The first-order valence-electron chi connectivity index (χ1n) is 7.06. The van der Waals surface area contributed by atoms with Gasteiger partial charge in [0.15, 0.2) is 0 Å². The maximum absolute atomic E-state index is 6.09. The zero-order chi connectivity index (χ0) is 14.0. The topological polar surface area (TPSA) is 48.1 Å². The first-order chi connectivity index (χ1) is 8.97. The van der Waals surface area contributed by atoms with Crippen LogP contribution in [-0.4, -0.2) is 11.1 Å². The first-order valence-corrected chi connectivity index (χ1v) is 7.44. The van der Waals surface area contributed by atoms with Gasteiger partial charge in [0, 0.05) is 0 Å². The second-order valence-corrected chi connectivity index (χ2v) is 6.40. The van der Waals surface area contributed by atoms with Gasteiger partial charge in [-0.2, -0.15) is 4.98 Å². The number of nitrogen functional groups attached to an aromatic ring is 1. The number of ether oxygens (including phenoxy) is 1. The molecule has 1 aliphatic carbocycles. The van der Waals surface area contributed by atoms with E-state index in [1.54, 1.807) is 12.1 Å². The molecule has 1 saturated carbocycles. The Morgan fingerprint density at radius 1 is 1.37 bits per heavy atom. The molecular formula is C15H23ClN2O. The minimum absolute atomic E-state index is 0.192. The minimum Gasteiger partial charge on any atom is -0.473 e. The van der Waals surface area contributed by atoms with Crippen LogP contribution in [0.25, 0.3) is 0 Å². The zero-order valence-corrected chi connectivity index (χ0v) is 12.7. The van der Waals surface area contributed by atoms with E-state index in [-0.39, 0.29) is 6.10 Å². The highest BCUT2D eigenvalue weighted by Gasteiger charge is 2.32. The lowest BCUT2D eigenvalue weighted by Gasteiger charge is -2.37. The third-order valence-corrected chi connectivity index (χ3v) is 4.29. The van der Waals surface area contributed by atoms with E-state index < -0.39 is 0 Å². The Morgan fingerprint density at radius 2 is 2.11 bits per heavy atom. The number of hydrogen-bond acceptors (Lipinski definition) is 3. The molecule has 0 bridgehead atoms. The molecule has 1 aromatic rings. The highest BCUT2D eigenvalue weighted by atomic mass is 35.5. The number of pyridine rings is 1. The minimum atomic E-state index is 0.192. The fourth-order valence-electron chi connectivity index (χ4n) is 2.92. The van der Waals surface area contributed by atoms with Crippen LogP contribution in [0.15, 0.2) is 12.1 Å². The lowest BCUT2D eigenvalue weighted by Crippen LogP contribution is -2.36. The van der Waals surface area contributed by atoms with Crippen LogP contribution in [-0.2, 0) is 0 Å². The summed E-state index contributed by atoms with van der Waals surface area (Å²) in [6, 6.07) is 3.44. The van der Waals surface area contributed by atoms with E-state index >= 15 is 0 Å². The second-order valence-electron chi connectivity index (χ2n) is 6.01. The molecule has 1 heterocycles. The van der Waals surface area contributed by atoms with E-state index in [0.29, 0.717) is 34.5 Å². The van der Waals surface area contributed by atoms with Gasteiger partial charge in [-0.05, 0) is 42.7 Å². The number of rotatable bonds is 3. The van der Waals surface area contributed by atoms with Gasteiger partial charge in [-0.1, -0.05) is 38.8 Å². The molecular weight excluding hydrogens is 260 g/mol. The maximum Gasteiger partial charge on any atom is 0.238 e. The van der Waals surface area contributed by atoms with Crippen LogP contribution in [0, 0.1) is 17.8 Å². The predicted molar refractivity (Wildman–Crippen MR) is 79.4 cm³/mol. The molecule has 0 radical (unpaired) electrons. The van der Waals surface area contributed by atoms with Crippen LogP contribution in [0.4, 0.5) is 5.69 Å². The third kappa shape index (κ3) is 3.53. The maximum atomic E-state index is 6.09. The van der Waals surface area contributed by atoms with Crippen molar-refractivity contribution < 1.29 is 4.74 Å². The van der Waals surface area contributed by atoms with Gasteiger partial charge in [-0.25, -0.2) is 0 Å². The molecule has 3 unspecified atom stereocenters. The van der Waals surface area contributed by atoms with Crippen LogP contribution in [0.5, 0.6) is 5.88 Å². The van der Waals surface area contributed by atoms with Crippen molar-refractivity contribution in [2.24, 2.45) is 17.8 Å². The average molecular weight is 283 g/mol. The standard InChI is InChI=1S/C15H23ClN2O/c1-9(2)11-5-4-10(3)8-13(11)19-15-12(17)6-7-14(16)18-15/h6-7,9-11,13H,4-5,8,17H2,1-3H3. The number of aromatic nitrogens is 1. The summed E-state index contributed by atoms with van der Waals surface area (Å²) in [4.78, 5) is 4.20. The van der Waals surface area contributed by atoms with Gasteiger partial charge in [0.2, 0.25) is 5.88 Å². The molecule has 3 atom stereocenters.